The Morgan fingerprint density at radius 2 is 1.71 bits per heavy atom. The summed E-state index contributed by atoms with van der Waals surface area (Å²) >= 11 is 4.67. The van der Waals surface area contributed by atoms with Gasteiger partial charge in [0.05, 0.1) is 10.8 Å². The van der Waals surface area contributed by atoms with Crippen molar-refractivity contribution < 1.29 is 0 Å². The van der Waals surface area contributed by atoms with Gasteiger partial charge in [0.25, 0.3) is 0 Å². The topological polar surface area (TPSA) is 12.4 Å². The zero-order valence-corrected chi connectivity index (χ0v) is 9.74. The van der Waals surface area contributed by atoms with Gasteiger partial charge < -0.3 is 0 Å². The van der Waals surface area contributed by atoms with Crippen LogP contribution in [0.15, 0.2) is 17.1 Å². The van der Waals surface area contributed by atoms with Crippen molar-refractivity contribution in [2.75, 3.05) is 0 Å². The van der Waals surface area contributed by atoms with E-state index in [9.17, 15) is 0 Å². The van der Waals surface area contributed by atoms with Crippen molar-refractivity contribution in [3.05, 3.63) is 28.8 Å². The molecule has 0 N–H and O–H groups in total. The van der Waals surface area contributed by atoms with Crippen molar-refractivity contribution in [3.63, 3.8) is 0 Å². The van der Waals surface area contributed by atoms with Crippen LogP contribution in [0.5, 0.6) is 0 Å². The summed E-state index contributed by atoms with van der Waals surface area (Å²) in [6.07, 6.45) is 1.98. The molecule has 0 aliphatic heterocycles. The third-order valence-corrected chi connectivity index (χ3v) is 2.42. The van der Waals surface area contributed by atoms with E-state index in [1.165, 1.54) is 16.7 Å². The lowest BCUT2D eigenvalue weighted by molar-refractivity contribution is 1.07. The quantitative estimate of drug-likeness (QED) is 0.539. The fraction of sp³-hybridized carbons (Fsp3) is 0.417. The van der Waals surface area contributed by atoms with Crippen LogP contribution >= 0.6 is 12.2 Å². The molecule has 0 spiro atoms. The van der Waals surface area contributed by atoms with E-state index in [2.05, 4.69) is 55.3 Å². The van der Waals surface area contributed by atoms with Gasteiger partial charge in [0.1, 0.15) is 0 Å². The van der Waals surface area contributed by atoms with Gasteiger partial charge in [-0.25, -0.2) is 0 Å². The molecule has 1 aromatic carbocycles. The molecule has 1 rings (SSSR count). The lowest BCUT2D eigenvalue weighted by Gasteiger charge is -2.09. The summed E-state index contributed by atoms with van der Waals surface area (Å²) in [5, 5.41) is 2.46. The first-order chi connectivity index (χ1) is 6.72. The van der Waals surface area contributed by atoms with E-state index in [1.807, 2.05) is 0 Å². The molecule has 2 heteroatoms. The van der Waals surface area contributed by atoms with Crippen LogP contribution in [-0.2, 0) is 12.8 Å². The predicted molar refractivity (Wildman–Crippen MR) is 64.6 cm³/mol. The number of isothiocyanates is 1. The molecule has 0 heterocycles. The average molecular weight is 205 g/mol. The summed E-state index contributed by atoms with van der Waals surface area (Å²) in [4.78, 5) is 4.15. The third-order valence-electron chi connectivity index (χ3n) is 2.33. The Labute approximate surface area is 90.9 Å². The summed E-state index contributed by atoms with van der Waals surface area (Å²) in [5.74, 6) is 0. The van der Waals surface area contributed by atoms with Crippen molar-refractivity contribution in [2.45, 2.75) is 33.6 Å². The van der Waals surface area contributed by atoms with Crippen molar-refractivity contribution in [3.8, 4) is 0 Å². The maximum absolute atomic E-state index is 4.67. The Balaban J connectivity index is 3.39. The molecule has 1 nitrogen and oxygen atoms in total. The van der Waals surface area contributed by atoms with E-state index < -0.39 is 0 Å². The fourth-order valence-electron chi connectivity index (χ4n) is 1.66. The molecular weight excluding hydrogens is 190 g/mol. The average Bonchev–Trinajstić information content (AvgIpc) is 2.20. The molecule has 0 aliphatic carbocycles. The van der Waals surface area contributed by atoms with Crippen molar-refractivity contribution in [2.24, 2.45) is 4.99 Å². The highest BCUT2D eigenvalue weighted by molar-refractivity contribution is 7.78. The van der Waals surface area contributed by atoms with Gasteiger partial charge in [-0.15, -0.1) is 0 Å². The third kappa shape index (κ3) is 2.28. The Bertz CT molecular complexity index is 351. The van der Waals surface area contributed by atoms with Gasteiger partial charge in [-0.2, -0.15) is 4.99 Å². The molecule has 0 saturated heterocycles. The SMILES string of the molecule is CCc1cc(C)cc(CC)c1N=C=S. The molecule has 0 unspecified atom stereocenters. The Hall–Kier alpha value is -0.980. The zero-order chi connectivity index (χ0) is 10.6. The van der Waals surface area contributed by atoms with Gasteiger partial charge in [-0.1, -0.05) is 31.5 Å². The first kappa shape index (κ1) is 11.1. The van der Waals surface area contributed by atoms with E-state index in [0.717, 1.165) is 18.5 Å². The van der Waals surface area contributed by atoms with E-state index in [4.69, 9.17) is 0 Å². The van der Waals surface area contributed by atoms with Crippen molar-refractivity contribution in [1.82, 2.24) is 0 Å². The number of aryl methyl sites for hydroxylation is 3. The summed E-state index contributed by atoms with van der Waals surface area (Å²) < 4.78 is 0. The molecule has 0 bridgehead atoms. The lowest BCUT2D eigenvalue weighted by Crippen LogP contribution is -1.90. The van der Waals surface area contributed by atoms with E-state index in [-0.39, 0.29) is 0 Å². The first-order valence-electron chi connectivity index (χ1n) is 4.93. The van der Waals surface area contributed by atoms with Gasteiger partial charge in [-0.3, -0.25) is 0 Å². The smallest absolute Gasteiger partial charge is 0.0803 e. The molecule has 0 aromatic heterocycles. The van der Waals surface area contributed by atoms with Gasteiger partial charge in [0.2, 0.25) is 0 Å². The molecule has 74 valence electrons. The van der Waals surface area contributed by atoms with Crippen LogP contribution in [0.4, 0.5) is 5.69 Å². The van der Waals surface area contributed by atoms with Crippen LogP contribution in [0.1, 0.15) is 30.5 Å². The van der Waals surface area contributed by atoms with E-state index >= 15 is 0 Å². The van der Waals surface area contributed by atoms with Crippen molar-refractivity contribution in [1.29, 1.82) is 0 Å². The monoisotopic (exact) mass is 205 g/mol. The second-order valence-electron chi connectivity index (χ2n) is 3.34. The van der Waals surface area contributed by atoms with Gasteiger partial charge >= 0.3 is 0 Å². The second kappa shape index (κ2) is 5.04. The summed E-state index contributed by atoms with van der Waals surface area (Å²) in [6, 6.07) is 4.34. The molecule has 0 amide bonds. The van der Waals surface area contributed by atoms with Crippen LogP contribution in [0.3, 0.4) is 0 Å². The van der Waals surface area contributed by atoms with Gasteiger partial charge in [-0.05, 0) is 43.1 Å². The van der Waals surface area contributed by atoms with E-state index in [0.29, 0.717) is 0 Å². The minimum Gasteiger partial charge on any atom is -0.194 e. The van der Waals surface area contributed by atoms with Crippen LogP contribution in [-0.4, -0.2) is 5.16 Å². The first-order valence-corrected chi connectivity index (χ1v) is 5.34. The summed E-state index contributed by atoms with van der Waals surface area (Å²) in [5.41, 5.74) is 4.84. The highest BCUT2D eigenvalue weighted by Gasteiger charge is 2.05. The standard InChI is InChI=1S/C12H15NS/c1-4-10-6-9(3)7-11(5-2)12(10)13-8-14/h6-7H,4-5H2,1-3H3. The van der Waals surface area contributed by atoms with Gasteiger partial charge in [0, 0.05) is 0 Å². The van der Waals surface area contributed by atoms with E-state index in [1.54, 1.807) is 0 Å². The molecule has 14 heavy (non-hydrogen) atoms. The van der Waals surface area contributed by atoms with Crippen molar-refractivity contribution >= 4 is 23.1 Å². The molecule has 0 fully saturated rings. The highest BCUT2D eigenvalue weighted by atomic mass is 32.1. The summed E-state index contributed by atoms with van der Waals surface area (Å²) in [6.45, 7) is 6.39. The predicted octanol–water partition coefficient (Wildman–Crippen LogP) is 3.85. The molecule has 0 radical (unpaired) electrons. The van der Waals surface area contributed by atoms with Crippen LogP contribution in [0.2, 0.25) is 0 Å². The number of hydrogen-bond acceptors (Lipinski definition) is 2. The minimum atomic E-state index is 0.991. The normalized spacial score (nSPS) is 9.64. The highest BCUT2D eigenvalue weighted by Crippen LogP contribution is 2.26. The van der Waals surface area contributed by atoms with Crippen LogP contribution < -0.4 is 0 Å². The Morgan fingerprint density at radius 1 is 1.21 bits per heavy atom. The molecule has 1 aromatic rings. The zero-order valence-electron chi connectivity index (χ0n) is 8.92. The number of nitrogens with zero attached hydrogens (tertiary/aromatic N) is 1. The second-order valence-corrected chi connectivity index (χ2v) is 3.52. The number of rotatable bonds is 3. The lowest BCUT2D eigenvalue weighted by atomic mass is 10.0. The molecular formula is C12H15NS. The molecule has 0 aliphatic rings. The maximum atomic E-state index is 4.67. The molecule has 0 saturated carbocycles. The number of hydrogen-bond donors (Lipinski definition) is 0. The van der Waals surface area contributed by atoms with Crippen LogP contribution in [0.25, 0.3) is 0 Å². The van der Waals surface area contributed by atoms with Crippen LogP contribution in [0, 0.1) is 6.92 Å². The number of aliphatic imine (C=N–C) groups is 1. The Kier molecular flexibility index (Phi) is 3.99. The summed E-state index contributed by atoms with van der Waals surface area (Å²) in [7, 11) is 0. The Morgan fingerprint density at radius 3 is 2.07 bits per heavy atom. The largest absolute Gasteiger partial charge is 0.194 e. The number of thiocarbonyl (C=S) groups is 1. The van der Waals surface area contributed by atoms with Gasteiger partial charge in [0.15, 0.2) is 0 Å². The fourth-order valence-corrected chi connectivity index (χ4v) is 1.75. The molecule has 0 atom stereocenters. The minimum absolute atomic E-state index is 0.991. The number of benzene rings is 1. The maximum Gasteiger partial charge on any atom is 0.0803 e.